The number of nitrogens with one attached hydrogen (secondary N) is 1. The predicted molar refractivity (Wildman–Crippen MR) is 84.4 cm³/mol. The standard InChI is InChI=1S/C16H32N2O3/c1-5-9-17-16(3,15(19)21-6-2)13-18-10-7-14(8-11-18)12-20-4/h14,17H,5-13H2,1-4H3. The van der Waals surface area contributed by atoms with E-state index < -0.39 is 5.54 Å². The average molecular weight is 300 g/mol. The zero-order valence-corrected chi connectivity index (χ0v) is 14.1. The first-order valence-corrected chi connectivity index (χ1v) is 8.19. The number of methoxy groups -OCH3 is 1. The smallest absolute Gasteiger partial charge is 0.327 e. The maximum atomic E-state index is 12.3. The summed E-state index contributed by atoms with van der Waals surface area (Å²) in [5, 5.41) is 3.37. The summed E-state index contributed by atoms with van der Waals surface area (Å²) in [6.45, 7) is 10.8. The molecule has 1 saturated heterocycles. The lowest BCUT2D eigenvalue weighted by Gasteiger charge is -2.38. The maximum Gasteiger partial charge on any atom is 0.327 e. The van der Waals surface area contributed by atoms with E-state index in [2.05, 4.69) is 17.1 Å². The topological polar surface area (TPSA) is 50.8 Å². The maximum absolute atomic E-state index is 12.3. The number of hydrogen-bond acceptors (Lipinski definition) is 5. The van der Waals surface area contributed by atoms with Crippen LogP contribution >= 0.6 is 0 Å². The zero-order chi connectivity index (χ0) is 15.7. The van der Waals surface area contributed by atoms with Gasteiger partial charge in [0, 0.05) is 20.3 Å². The molecule has 0 aromatic carbocycles. The van der Waals surface area contributed by atoms with Gasteiger partial charge in [0.2, 0.25) is 0 Å². The molecule has 1 heterocycles. The first kappa shape index (κ1) is 18.4. The highest BCUT2D eigenvalue weighted by Crippen LogP contribution is 2.20. The SMILES string of the molecule is CCCNC(C)(CN1CCC(COC)CC1)C(=O)OCC. The molecule has 1 aliphatic heterocycles. The van der Waals surface area contributed by atoms with Gasteiger partial charge in [0.25, 0.3) is 0 Å². The van der Waals surface area contributed by atoms with E-state index in [1.165, 1.54) is 0 Å². The molecule has 5 nitrogen and oxygen atoms in total. The molecule has 0 aromatic heterocycles. The molecule has 0 radical (unpaired) electrons. The van der Waals surface area contributed by atoms with Gasteiger partial charge in [0.05, 0.1) is 6.61 Å². The molecule has 1 atom stereocenters. The Hall–Kier alpha value is -0.650. The Morgan fingerprint density at radius 2 is 2.00 bits per heavy atom. The van der Waals surface area contributed by atoms with Crippen molar-refractivity contribution in [1.29, 1.82) is 0 Å². The highest BCUT2D eigenvalue weighted by Gasteiger charge is 2.36. The Balaban J connectivity index is 2.54. The van der Waals surface area contributed by atoms with Crippen molar-refractivity contribution in [3.05, 3.63) is 0 Å². The average Bonchev–Trinajstić information content (AvgIpc) is 2.48. The predicted octanol–water partition coefficient (Wildman–Crippen LogP) is 1.67. The Bertz CT molecular complexity index is 304. The fraction of sp³-hybridized carbons (Fsp3) is 0.938. The van der Waals surface area contributed by atoms with Crippen molar-refractivity contribution in [2.24, 2.45) is 5.92 Å². The van der Waals surface area contributed by atoms with E-state index >= 15 is 0 Å². The van der Waals surface area contributed by atoms with Crippen LogP contribution in [0.5, 0.6) is 0 Å². The fourth-order valence-corrected chi connectivity index (χ4v) is 2.88. The molecule has 0 bridgehead atoms. The van der Waals surface area contributed by atoms with Gasteiger partial charge in [0.15, 0.2) is 0 Å². The van der Waals surface area contributed by atoms with E-state index in [1.807, 2.05) is 13.8 Å². The van der Waals surface area contributed by atoms with Crippen molar-refractivity contribution in [3.8, 4) is 0 Å². The molecule has 1 fully saturated rings. The van der Waals surface area contributed by atoms with Crippen LogP contribution in [0, 0.1) is 5.92 Å². The molecule has 1 unspecified atom stereocenters. The van der Waals surface area contributed by atoms with Crippen LogP contribution in [0.15, 0.2) is 0 Å². The van der Waals surface area contributed by atoms with Crippen LogP contribution in [0.2, 0.25) is 0 Å². The highest BCUT2D eigenvalue weighted by molar-refractivity contribution is 5.80. The van der Waals surface area contributed by atoms with Crippen LogP contribution in [0.1, 0.15) is 40.0 Å². The normalized spacial score (nSPS) is 20.2. The summed E-state index contributed by atoms with van der Waals surface area (Å²) in [6, 6.07) is 0. The van der Waals surface area contributed by atoms with Crippen molar-refractivity contribution < 1.29 is 14.3 Å². The summed E-state index contributed by atoms with van der Waals surface area (Å²) in [5.41, 5.74) is -0.611. The molecular weight excluding hydrogens is 268 g/mol. The van der Waals surface area contributed by atoms with E-state index in [-0.39, 0.29) is 5.97 Å². The molecule has 1 rings (SSSR count). The molecule has 0 saturated carbocycles. The van der Waals surface area contributed by atoms with E-state index in [9.17, 15) is 4.79 Å². The molecule has 1 aliphatic rings. The number of hydrogen-bond donors (Lipinski definition) is 1. The number of ether oxygens (including phenoxy) is 2. The second-order valence-corrected chi connectivity index (χ2v) is 6.15. The molecular formula is C16H32N2O3. The summed E-state index contributed by atoms with van der Waals surface area (Å²) in [7, 11) is 1.76. The lowest BCUT2D eigenvalue weighted by atomic mass is 9.95. The number of carbonyl (C=O) groups excluding carboxylic acids is 1. The third kappa shape index (κ3) is 5.93. The number of piperidine rings is 1. The van der Waals surface area contributed by atoms with Gasteiger partial charge in [-0.1, -0.05) is 6.92 Å². The van der Waals surface area contributed by atoms with Crippen molar-refractivity contribution in [3.63, 3.8) is 0 Å². The van der Waals surface area contributed by atoms with E-state index in [0.29, 0.717) is 19.1 Å². The minimum Gasteiger partial charge on any atom is -0.465 e. The third-order valence-electron chi connectivity index (χ3n) is 4.14. The van der Waals surface area contributed by atoms with E-state index in [4.69, 9.17) is 9.47 Å². The summed E-state index contributed by atoms with van der Waals surface area (Å²) >= 11 is 0. The number of nitrogens with zero attached hydrogens (tertiary/aromatic N) is 1. The van der Waals surface area contributed by atoms with Crippen LogP contribution in [0.3, 0.4) is 0 Å². The Kier molecular flexibility index (Phi) is 8.22. The molecule has 5 heteroatoms. The first-order valence-electron chi connectivity index (χ1n) is 8.19. The minimum atomic E-state index is -0.611. The van der Waals surface area contributed by atoms with Crippen LogP contribution in [0.25, 0.3) is 0 Å². The number of carbonyl (C=O) groups is 1. The van der Waals surface area contributed by atoms with E-state index in [1.54, 1.807) is 7.11 Å². The summed E-state index contributed by atoms with van der Waals surface area (Å²) < 4.78 is 10.5. The lowest BCUT2D eigenvalue weighted by Crippen LogP contribution is -2.58. The van der Waals surface area contributed by atoms with Gasteiger partial charge in [-0.05, 0) is 58.7 Å². The molecule has 124 valence electrons. The van der Waals surface area contributed by atoms with Crippen LogP contribution in [0.4, 0.5) is 0 Å². The molecule has 1 N–H and O–H groups in total. The molecule has 21 heavy (non-hydrogen) atoms. The van der Waals surface area contributed by atoms with Gasteiger partial charge < -0.3 is 19.7 Å². The van der Waals surface area contributed by atoms with Gasteiger partial charge in [0.1, 0.15) is 5.54 Å². The Morgan fingerprint density at radius 3 is 2.52 bits per heavy atom. The van der Waals surface area contributed by atoms with Crippen LogP contribution < -0.4 is 5.32 Å². The second-order valence-electron chi connectivity index (χ2n) is 6.15. The minimum absolute atomic E-state index is 0.141. The van der Waals surface area contributed by atoms with Crippen LogP contribution in [-0.4, -0.2) is 62.9 Å². The van der Waals surface area contributed by atoms with Gasteiger partial charge >= 0.3 is 5.97 Å². The Morgan fingerprint density at radius 1 is 1.33 bits per heavy atom. The molecule has 0 amide bonds. The van der Waals surface area contributed by atoms with Gasteiger partial charge in [-0.2, -0.15) is 0 Å². The van der Waals surface area contributed by atoms with Gasteiger partial charge in [-0.25, -0.2) is 0 Å². The zero-order valence-electron chi connectivity index (χ0n) is 14.1. The van der Waals surface area contributed by atoms with Crippen molar-refractivity contribution in [2.45, 2.75) is 45.6 Å². The van der Waals surface area contributed by atoms with Crippen molar-refractivity contribution in [1.82, 2.24) is 10.2 Å². The summed E-state index contributed by atoms with van der Waals surface area (Å²) in [5.74, 6) is 0.515. The van der Waals surface area contributed by atoms with Gasteiger partial charge in [-0.15, -0.1) is 0 Å². The number of likely N-dealkylation sites (tertiary alicyclic amines) is 1. The molecule has 0 spiro atoms. The second kappa shape index (κ2) is 9.38. The fourth-order valence-electron chi connectivity index (χ4n) is 2.88. The summed E-state index contributed by atoms with van der Waals surface area (Å²) in [4.78, 5) is 14.6. The first-order chi connectivity index (χ1) is 10.1. The van der Waals surface area contributed by atoms with Gasteiger partial charge in [-0.3, -0.25) is 4.79 Å². The number of esters is 1. The monoisotopic (exact) mass is 300 g/mol. The molecule has 0 aliphatic carbocycles. The lowest BCUT2D eigenvalue weighted by molar-refractivity contribution is -0.151. The third-order valence-corrected chi connectivity index (χ3v) is 4.14. The number of rotatable bonds is 9. The summed E-state index contributed by atoms with van der Waals surface area (Å²) in [6.07, 6.45) is 3.28. The van der Waals surface area contributed by atoms with Crippen molar-refractivity contribution in [2.75, 3.05) is 46.5 Å². The van der Waals surface area contributed by atoms with E-state index in [0.717, 1.165) is 45.5 Å². The van der Waals surface area contributed by atoms with Crippen molar-refractivity contribution >= 4 is 5.97 Å². The Labute approximate surface area is 129 Å². The van der Waals surface area contributed by atoms with Crippen LogP contribution in [-0.2, 0) is 14.3 Å². The quantitative estimate of drug-likeness (QED) is 0.656. The highest BCUT2D eigenvalue weighted by atomic mass is 16.5. The molecule has 0 aromatic rings. The largest absolute Gasteiger partial charge is 0.465 e.